The molecule has 0 radical (unpaired) electrons. The summed E-state index contributed by atoms with van der Waals surface area (Å²) in [5.74, 6) is 0. The van der Waals surface area contributed by atoms with Crippen molar-refractivity contribution >= 4 is 21.6 Å². The SMILES string of the molecule is Brc1ccc(N[C@@H]2C=CCCC2)cc1. The Labute approximate surface area is 93.3 Å². The molecule has 0 saturated heterocycles. The molecule has 2 rings (SSSR count). The first-order chi connectivity index (χ1) is 6.84. The summed E-state index contributed by atoms with van der Waals surface area (Å²) in [6.45, 7) is 0. The van der Waals surface area contributed by atoms with Crippen molar-refractivity contribution in [3.05, 3.63) is 40.9 Å². The van der Waals surface area contributed by atoms with Gasteiger partial charge in [-0.25, -0.2) is 0 Å². The van der Waals surface area contributed by atoms with Crippen LogP contribution in [0.2, 0.25) is 0 Å². The maximum Gasteiger partial charge on any atom is 0.0444 e. The van der Waals surface area contributed by atoms with Gasteiger partial charge in [0.1, 0.15) is 0 Å². The van der Waals surface area contributed by atoms with E-state index >= 15 is 0 Å². The predicted octanol–water partition coefficient (Wildman–Crippen LogP) is 3.97. The van der Waals surface area contributed by atoms with Gasteiger partial charge in [-0.2, -0.15) is 0 Å². The molecule has 2 heteroatoms. The molecule has 1 aromatic carbocycles. The predicted molar refractivity (Wildman–Crippen MR) is 64.5 cm³/mol. The first-order valence-corrected chi connectivity index (χ1v) is 5.83. The average Bonchev–Trinajstić information content (AvgIpc) is 2.23. The smallest absolute Gasteiger partial charge is 0.0444 e. The number of hydrogen-bond acceptors (Lipinski definition) is 1. The van der Waals surface area contributed by atoms with Crippen LogP contribution in [0, 0.1) is 0 Å². The molecule has 0 aromatic heterocycles. The standard InChI is InChI=1S/C12H14BrN/c13-10-6-8-12(9-7-10)14-11-4-2-1-3-5-11/h2,4,6-9,11,14H,1,3,5H2/t11-/m1/s1. The molecule has 14 heavy (non-hydrogen) atoms. The highest BCUT2D eigenvalue weighted by molar-refractivity contribution is 9.10. The number of rotatable bonds is 2. The molecule has 0 saturated carbocycles. The van der Waals surface area contributed by atoms with Crippen LogP contribution in [0.5, 0.6) is 0 Å². The maximum atomic E-state index is 3.50. The van der Waals surface area contributed by atoms with Gasteiger partial charge in [0, 0.05) is 16.2 Å². The normalized spacial score (nSPS) is 20.8. The van der Waals surface area contributed by atoms with Gasteiger partial charge < -0.3 is 5.32 Å². The third kappa shape index (κ3) is 2.61. The van der Waals surface area contributed by atoms with Crippen LogP contribution >= 0.6 is 15.9 Å². The van der Waals surface area contributed by atoms with E-state index in [9.17, 15) is 0 Å². The number of anilines is 1. The van der Waals surface area contributed by atoms with Crippen LogP contribution in [-0.4, -0.2) is 6.04 Å². The van der Waals surface area contributed by atoms with Crippen molar-refractivity contribution in [2.45, 2.75) is 25.3 Å². The van der Waals surface area contributed by atoms with Gasteiger partial charge in [-0.3, -0.25) is 0 Å². The van der Waals surface area contributed by atoms with Crippen LogP contribution in [0.25, 0.3) is 0 Å². The van der Waals surface area contributed by atoms with Crippen LogP contribution in [0.15, 0.2) is 40.9 Å². The molecule has 1 aliphatic rings. The molecule has 1 nitrogen and oxygen atoms in total. The van der Waals surface area contributed by atoms with E-state index in [0.29, 0.717) is 6.04 Å². The largest absolute Gasteiger partial charge is 0.379 e. The van der Waals surface area contributed by atoms with Gasteiger partial charge in [0.25, 0.3) is 0 Å². The van der Waals surface area contributed by atoms with Crippen LogP contribution in [0.3, 0.4) is 0 Å². The van der Waals surface area contributed by atoms with E-state index in [-0.39, 0.29) is 0 Å². The van der Waals surface area contributed by atoms with Gasteiger partial charge in [-0.05, 0) is 43.5 Å². The molecule has 0 amide bonds. The first-order valence-electron chi connectivity index (χ1n) is 5.03. The molecule has 74 valence electrons. The molecule has 1 aliphatic carbocycles. The monoisotopic (exact) mass is 251 g/mol. The van der Waals surface area contributed by atoms with Crippen molar-refractivity contribution in [1.29, 1.82) is 0 Å². The second-order valence-corrected chi connectivity index (χ2v) is 4.53. The summed E-state index contributed by atoms with van der Waals surface area (Å²) < 4.78 is 1.13. The Bertz CT molecular complexity index is 316. The Morgan fingerprint density at radius 3 is 2.64 bits per heavy atom. The maximum absolute atomic E-state index is 3.50. The lowest BCUT2D eigenvalue weighted by Gasteiger charge is -2.19. The fraction of sp³-hybridized carbons (Fsp3) is 0.333. The number of nitrogens with one attached hydrogen (secondary N) is 1. The number of allylic oxidation sites excluding steroid dienone is 1. The Kier molecular flexibility index (Phi) is 3.25. The second-order valence-electron chi connectivity index (χ2n) is 3.62. The van der Waals surface area contributed by atoms with E-state index in [4.69, 9.17) is 0 Å². The van der Waals surface area contributed by atoms with Crippen LogP contribution in [0.4, 0.5) is 5.69 Å². The van der Waals surface area contributed by atoms with Crippen molar-refractivity contribution in [1.82, 2.24) is 0 Å². The van der Waals surface area contributed by atoms with Crippen molar-refractivity contribution in [2.24, 2.45) is 0 Å². The quantitative estimate of drug-likeness (QED) is 0.785. The number of benzene rings is 1. The van der Waals surface area contributed by atoms with Gasteiger partial charge in [-0.15, -0.1) is 0 Å². The lowest BCUT2D eigenvalue weighted by atomic mass is 10.0. The highest BCUT2D eigenvalue weighted by Gasteiger charge is 2.06. The average molecular weight is 252 g/mol. The zero-order valence-corrected chi connectivity index (χ0v) is 9.63. The molecular formula is C12H14BrN. The van der Waals surface area contributed by atoms with Crippen molar-refractivity contribution in [3.63, 3.8) is 0 Å². The van der Waals surface area contributed by atoms with E-state index < -0.39 is 0 Å². The summed E-state index contributed by atoms with van der Waals surface area (Å²) >= 11 is 3.43. The third-order valence-corrected chi connectivity index (χ3v) is 2.98. The van der Waals surface area contributed by atoms with Crippen molar-refractivity contribution < 1.29 is 0 Å². The molecule has 0 unspecified atom stereocenters. The summed E-state index contributed by atoms with van der Waals surface area (Å²) in [7, 11) is 0. The Hall–Kier alpha value is -0.760. The van der Waals surface area contributed by atoms with E-state index in [0.717, 1.165) is 4.47 Å². The lowest BCUT2D eigenvalue weighted by molar-refractivity contribution is 0.674. The van der Waals surface area contributed by atoms with E-state index in [1.54, 1.807) is 0 Å². The number of halogens is 1. The molecule has 0 spiro atoms. The van der Waals surface area contributed by atoms with Crippen molar-refractivity contribution in [3.8, 4) is 0 Å². The zero-order valence-electron chi connectivity index (χ0n) is 8.04. The highest BCUT2D eigenvalue weighted by atomic mass is 79.9. The number of hydrogen-bond donors (Lipinski definition) is 1. The Balaban J connectivity index is 1.99. The molecule has 1 N–H and O–H groups in total. The van der Waals surface area contributed by atoms with Crippen LogP contribution in [-0.2, 0) is 0 Å². The summed E-state index contributed by atoms with van der Waals surface area (Å²) in [5, 5.41) is 3.50. The summed E-state index contributed by atoms with van der Waals surface area (Å²) in [5.41, 5.74) is 1.20. The first kappa shape index (κ1) is 9.78. The Morgan fingerprint density at radius 2 is 2.00 bits per heavy atom. The minimum atomic E-state index is 0.518. The van der Waals surface area contributed by atoms with Gasteiger partial charge in [0.15, 0.2) is 0 Å². The summed E-state index contributed by atoms with van der Waals surface area (Å²) in [6.07, 6.45) is 8.31. The highest BCUT2D eigenvalue weighted by Crippen LogP contribution is 2.18. The second kappa shape index (κ2) is 4.65. The van der Waals surface area contributed by atoms with E-state index in [2.05, 4.69) is 57.7 Å². The van der Waals surface area contributed by atoms with Crippen LogP contribution in [0.1, 0.15) is 19.3 Å². The van der Waals surface area contributed by atoms with Gasteiger partial charge in [0.2, 0.25) is 0 Å². The molecule has 0 heterocycles. The topological polar surface area (TPSA) is 12.0 Å². The van der Waals surface area contributed by atoms with Gasteiger partial charge >= 0.3 is 0 Å². The minimum Gasteiger partial charge on any atom is -0.379 e. The molecular weight excluding hydrogens is 238 g/mol. The fourth-order valence-corrected chi connectivity index (χ4v) is 1.96. The summed E-state index contributed by atoms with van der Waals surface area (Å²) in [4.78, 5) is 0. The van der Waals surface area contributed by atoms with E-state index in [1.807, 2.05) is 0 Å². The Morgan fingerprint density at radius 1 is 1.21 bits per heavy atom. The lowest BCUT2D eigenvalue weighted by Crippen LogP contribution is -2.18. The van der Waals surface area contributed by atoms with Crippen molar-refractivity contribution in [2.75, 3.05) is 5.32 Å². The fourth-order valence-electron chi connectivity index (χ4n) is 1.69. The molecule has 0 fully saturated rings. The van der Waals surface area contributed by atoms with Crippen LogP contribution < -0.4 is 5.32 Å². The molecule has 1 atom stereocenters. The molecule has 0 bridgehead atoms. The van der Waals surface area contributed by atoms with Gasteiger partial charge in [0.05, 0.1) is 0 Å². The van der Waals surface area contributed by atoms with E-state index in [1.165, 1.54) is 24.9 Å². The minimum absolute atomic E-state index is 0.518. The summed E-state index contributed by atoms with van der Waals surface area (Å²) in [6, 6.07) is 8.85. The molecule has 1 aromatic rings. The zero-order chi connectivity index (χ0) is 9.80. The van der Waals surface area contributed by atoms with Gasteiger partial charge in [-0.1, -0.05) is 28.1 Å². The molecule has 0 aliphatic heterocycles. The third-order valence-electron chi connectivity index (χ3n) is 2.45.